The minimum Gasteiger partial charge on any atom is -0.353 e. The van der Waals surface area contributed by atoms with Crippen LogP contribution in [0, 0.1) is 13.8 Å². The highest BCUT2D eigenvalue weighted by atomic mass is 16.2. The molecule has 0 radical (unpaired) electrons. The van der Waals surface area contributed by atoms with E-state index in [9.17, 15) is 9.59 Å². The third-order valence-corrected chi connectivity index (χ3v) is 3.83. The summed E-state index contributed by atoms with van der Waals surface area (Å²) in [4.78, 5) is 25.8. The highest BCUT2D eigenvalue weighted by Crippen LogP contribution is 2.22. The number of hydrogen-bond acceptors (Lipinski definition) is 4. The van der Waals surface area contributed by atoms with Crippen LogP contribution in [-0.4, -0.2) is 52.7 Å². The maximum absolute atomic E-state index is 12.4. The first-order valence-corrected chi connectivity index (χ1v) is 8.67. The Hall–Kier alpha value is -2.67. The molecule has 0 saturated heterocycles. The lowest BCUT2D eigenvalue weighted by atomic mass is 10.3. The molecule has 0 bridgehead atoms. The normalized spacial score (nSPS) is 11.0. The molecule has 1 aromatic heterocycles. The lowest BCUT2D eigenvalue weighted by molar-refractivity contribution is -0.123. The van der Waals surface area contributed by atoms with Crippen LogP contribution in [0.1, 0.15) is 25.2 Å². The van der Waals surface area contributed by atoms with Crippen LogP contribution in [0.5, 0.6) is 0 Å². The Morgan fingerprint density at radius 2 is 1.73 bits per heavy atom. The average molecular weight is 357 g/mol. The third-order valence-electron chi connectivity index (χ3n) is 3.83. The summed E-state index contributed by atoms with van der Waals surface area (Å²) in [7, 11) is 1.74. The van der Waals surface area contributed by atoms with E-state index in [0.29, 0.717) is 5.69 Å². The van der Waals surface area contributed by atoms with E-state index in [1.165, 1.54) is 0 Å². The molecule has 0 fully saturated rings. The standard InChI is InChI=1S/C19H27N5O2/c1-13(2)20-17(25)11-23(5)12-18(26)21-19-14(3)22-24(15(19)4)16-9-7-6-8-10-16/h6-10,13H,11-12H2,1-5H3,(H,20,25)(H,21,26). The number of hydrogen-bond donors (Lipinski definition) is 2. The Balaban J connectivity index is 2.01. The van der Waals surface area contributed by atoms with Crippen LogP contribution in [0.15, 0.2) is 30.3 Å². The Morgan fingerprint density at radius 1 is 1.12 bits per heavy atom. The third kappa shape index (κ3) is 5.16. The molecule has 2 aromatic rings. The van der Waals surface area contributed by atoms with E-state index in [1.807, 2.05) is 62.7 Å². The average Bonchev–Trinajstić information content (AvgIpc) is 2.82. The number of nitrogens with zero attached hydrogens (tertiary/aromatic N) is 3. The SMILES string of the molecule is Cc1nn(-c2ccccc2)c(C)c1NC(=O)CN(C)CC(=O)NC(C)C. The van der Waals surface area contributed by atoms with Gasteiger partial charge in [-0.05, 0) is 46.9 Å². The van der Waals surface area contributed by atoms with E-state index in [-0.39, 0.29) is 30.9 Å². The van der Waals surface area contributed by atoms with Crippen molar-refractivity contribution in [2.45, 2.75) is 33.7 Å². The minimum atomic E-state index is -0.177. The van der Waals surface area contributed by atoms with Crippen LogP contribution >= 0.6 is 0 Å². The minimum absolute atomic E-state index is 0.0823. The number of aryl methyl sites for hydroxylation is 1. The van der Waals surface area contributed by atoms with Crippen molar-refractivity contribution < 1.29 is 9.59 Å². The second-order valence-corrected chi connectivity index (χ2v) is 6.74. The van der Waals surface area contributed by atoms with Crippen molar-refractivity contribution in [1.29, 1.82) is 0 Å². The molecular weight excluding hydrogens is 330 g/mol. The smallest absolute Gasteiger partial charge is 0.238 e. The van der Waals surface area contributed by atoms with Gasteiger partial charge in [0.15, 0.2) is 0 Å². The predicted molar refractivity (Wildman–Crippen MR) is 102 cm³/mol. The van der Waals surface area contributed by atoms with Crippen LogP contribution < -0.4 is 10.6 Å². The lowest BCUT2D eigenvalue weighted by Gasteiger charge is -2.17. The van der Waals surface area contributed by atoms with E-state index in [1.54, 1.807) is 11.9 Å². The molecule has 2 amide bonds. The van der Waals surface area contributed by atoms with Crippen LogP contribution in [0.4, 0.5) is 5.69 Å². The van der Waals surface area contributed by atoms with Gasteiger partial charge < -0.3 is 10.6 Å². The van der Waals surface area contributed by atoms with Gasteiger partial charge in [0.1, 0.15) is 0 Å². The molecule has 7 nitrogen and oxygen atoms in total. The number of amides is 2. The summed E-state index contributed by atoms with van der Waals surface area (Å²) in [5.41, 5.74) is 3.26. The van der Waals surface area contributed by atoms with E-state index in [4.69, 9.17) is 0 Å². The molecule has 1 aromatic carbocycles. The second-order valence-electron chi connectivity index (χ2n) is 6.74. The zero-order valence-corrected chi connectivity index (χ0v) is 16.0. The van der Waals surface area contributed by atoms with Gasteiger partial charge in [0, 0.05) is 6.04 Å². The maximum atomic E-state index is 12.4. The van der Waals surface area contributed by atoms with Gasteiger partial charge >= 0.3 is 0 Å². The Bertz CT molecular complexity index is 768. The number of aromatic nitrogens is 2. The number of rotatable bonds is 7. The number of nitrogens with one attached hydrogen (secondary N) is 2. The van der Waals surface area contributed by atoms with E-state index < -0.39 is 0 Å². The Kier molecular flexibility index (Phi) is 6.52. The first-order valence-electron chi connectivity index (χ1n) is 8.67. The molecule has 0 aliphatic carbocycles. The fourth-order valence-electron chi connectivity index (χ4n) is 2.74. The van der Waals surface area contributed by atoms with Crippen molar-refractivity contribution in [2.24, 2.45) is 0 Å². The van der Waals surface area contributed by atoms with Gasteiger partial charge in [-0.1, -0.05) is 18.2 Å². The summed E-state index contributed by atoms with van der Waals surface area (Å²) in [6.07, 6.45) is 0. The van der Waals surface area contributed by atoms with Gasteiger partial charge in [0.05, 0.1) is 35.9 Å². The van der Waals surface area contributed by atoms with Gasteiger partial charge in [0.25, 0.3) is 0 Å². The summed E-state index contributed by atoms with van der Waals surface area (Å²) < 4.78 is 1.81. The number of para-hydroxylation sites is 1. The van der Waals surface area contributed by atoms with Crippen molar-refractivity contribution in [1.82, 2.24) is 20.0 Å². The summed E-state index contributed by atoms with van der Waals surface area (Å²) in [5, 5.41) is 10.2. The summed E-state index contributed by atoms with van der Waals surface area (Å²) in [6.45, 7) is 7.89. The number of anilines is 1. The van der Waals surface area contributed by atoms with E-state index >= 15 is 0 Å². The van der Waals surface area contributed by atoms with Gasteiger partial charge in [-0.15, -0.1) is 0 Å². The first kappa shape index (κ1) is 19.7. The lowest BCUT2D eigenvalue weighted by Crippen LogP contribution is -2.41. The van der Waals surface area contributed by atoms with Gasteiger partial charge in [0.2, 0.25) is 11.8 Å². The molecule has 7 heteroatoms. The first-order chi connectivity index (χ1) is 12.3. The van der Waals surface area contributed by atoms with E-state index in [0.717, 1.165) is 17.1 Å². The number of carbonyl (C=O) groups is 2. The summed E-state index contributed by atoms with van der Waals surface area (Å²) in [5.74, 6) is -0.275. The monoisotopic (exact) mass is 357 g/mol. The van der Waals surface area contributed by atoms with Crippen LogP contribution in [0.2, 0.25) is 0 Å². The quantitative estimate of drug-likeness (QED) is 0.793. The number of benzene rings is 1. The predicted octanol–water partition coefficient (Wildman–Crippen LogP) is 1.88. The molecule has 2 N–H and O–H groups in total. The van der Waals surface area contributed by atoms with Crippen LogP contribution in [0.25, 0.3) is 5.69 Å². The van der Waals surface area contributed by atoms with Crippen molar-refractivity contribution in [3.05, 3.63) is 41.7 Å². The molecule has 0 saturated carbocycles. The molecular formula is C19H27N5O2. The van der Waals surface area contributed by atoms with Crippen LogP contribution in [0.3, 0.4) is 0 Å². The fourth-order valence-corrected chi connectivity index (χ4v) is 2.74. The number of likely N-dealkylation sites (N-methyl/N-ethyl adjacent to an activating group) is 1. The fraction of sp³-hybridized carbons (Fsp3) is 0.421. The van der Waals surface area contributed by atoms with Gasteiger partial charge in [-0.25, -0.2) is 4.68 Å². The van der Waals surface area contributed by atoms with Crippen molar-refractivity contribution in [3.63, 3.8) is 0 Å². The Morgan fingerprint density at radius 3 is 2.35 bits per heavy atom. The summed E-state index contributed by atoms with van der Waals surface area (Å²) in [6, 6.07) is 9.85. The molecule has 1 heterocycles. The molecule has 2 rings (SSSR count). The summed E-state index contributed by atoms with van der Waals surface area (Å²) >= 11 is 0. The molecule has 0 aliphatic rings. The zero-order valence-electron chi connectivity index (χ0n) is 16.0. The molecule has 140 valence electrons. The molecule has 26 heavy (non-hydrogen) atoms. The Labute approximate surface area is 154 Å². The molecule has 0 aliphatic heterocycles. The van der Waals surface area contributed by atoms with Crippen LogP contribution in [-0.2, 0) is 9.59 Å². The zero-order chi connectivity index (χ0) is 19.3. The van der Waals surface area contributed by atoms with Crippen molar-refractivity contribution in [3.8, 4) is 5.69 Å². The molecule has 0 atom stereocenters. The number of carbonyl (C=O) groups excluding carboxylic acids is 2. The largest absolute Gasteiger partial charge is 0.353 e. The van der Waals surface area contributed by atoms with Gasteiger partial charge in [-0.2, -0.15) is 5.10 Å². The second kappa shape index (κ2) is 8.62. The van der Waals surface area contributed by atoms with Crippen molar-refractivity contribution in [2.75, 3.05) is 25.5 Å². The molecule has 0 spiro atoms. The molecule has 0 unspecified atom stereocenters. The van der Waals surface area contributed by atoms with E-state index in [2.05, 4.69) is 15.7 Å². The topological polar surface area (TPSA) is 79.3 Å². The highest BCUT2D eigenvalue weighted by molar-refractivity contribution is 5.93. The highest BCUT2D eigenvalue weighted by Gasteiger charge is 2.17. The maximum Gasteiger partial charge on any atom is 0.238 e. The van der Waals surface area contributed by atoms with Gasteiger partial charge in [-0.3, -0.25) is 14.5 Å². The van der Waals surface area contributed by atoms with Crippen molar-refractivity contribution >= 4 is 17.5 Å².